The minimum Gasteiger partial charge on any atom is -1.00 e. The van der Waals surface area contributed by atoms with Gasteiger partial charge in [0.15, 0.2) is 0 Å². The van der Waals surface area contributed by atoms with E-state index in [1.807, 2.05) is 10.8 Å². The predicted octanol–water partition coefficient (Wildman–Crippen LogP) is 1.22. The van der Waals surface area contributed by atoms with E-state index in [-0.39, 0.29) is 17.0 Å². The van der Waals surface area contributed by atoms with Crippen molar-refractivity contribution in [3.63, 3.8) is 0 Å². The predicted molar refractivity (Wildman–Crippen MR) is 97.8 cm³/mol. The van der Waals surface area contributed by atoms with Crippen molar-refractivity contribution < 1.29 is 21.7 Å². The van der Waals surface area contributed by atoms with Crippen molar-refractivity contribution in [2.75, 3.05) is 12.3 Å². The molecule has 23 heavy (non-hydrogen) atoms. The second-order valence-electron chi connectivity index (χ2n) is 5.78. The van der Waals surface area contributed by atoms with Crippen molar-refractivity contribution in [3.8, 4) is 0 Å². The molecule has 1 aromatic carbocycles. The van der Waals surface area contributed by atoms with Gasteiger partial charge in [0, 0.05) is 5.56 Å². The first-order valence-corrected chi connectivity index (χ1v) is 9.45. The van der Waals surface area contributed by atoms with Gasteiger partial charge >= 0.3 is 5.17 Å². The van der Waals surface area contributed by atoms with Gasteiger partial charge in [0.1, 0.15) is 12.3 Å². The van der Waals surface area contributed by atoms with Gasteiger partial charge in [-0.05, 0) is 24.6 Å². The number of thioether (sulfide) groups is 1. The van der Waals surface area contributed by atoms with E-state index in [2.05, 4.69) is 31.2 Å². The number of benzene rings is 1. The van der Waals surface area contributed by atoms with Crippen LogP contribution in [0.15, 0.2) is 35.4 Å². The number of hydrogen-bond donors (Lipinski definition) is 1. The van der Waals surface area contributed by atoms with Crippen LogP contribution in [0, 0.1) is 0 Å². The number of nitrogens with two attached hydrogens (primary N) is 1. The Morgan fingerprint density at radius 2 is 1.70 bits per heavy atom. The van der Waals surface area contributed by atoms with Crippen LogP contribution in [0.4, 0.5) is 0 Å². The maximum absolute atomic E-state index is 6.10. The molecule has 0 unspecified atom stereocenters. The Balaban J connectivity index is 0.00000264. The quantitative estimate of drug-likeness (QED) is 0.502. The zero-order chi connectivity index (χ0) is 15.6. The summed E-state index contributed by atoms with van der Waals surface area (Å²) in [5, 5.41) is 5.59. The first kappa shape index (κ1) is 20.2. The molecule has 1 aliphatic rings. The van der Waals surface area contributed by atoms with Gasteiger partial charge in [-0.1, -0.05) is 74.5 Å². The monoisotopic (exact) mass is 397 g/mol. The lowest BCUT2D eigenvalue weighted by Crippen LogP contribution is -3.00. The molecule has 1 aromatic rings. The summed E-state index contributed by atoms with van der Waals surface area (Å²) in [6.07, 6.45) is 9.19. The van der Waals surface area contributed by atoms with E-state index < -0.39 is 0 Å². The maximum atomic E-state index is 6.10. The van der Waals surface area contributed by atoms with Crippen molar-refractivity contribution in [1.82, 2.24) is 0 Å². The fourth-order valence-electron chi connectivity index (χ4n) is 2.59. The fraction of sp³-hybridized carbons (Fsp3) is 0.556. The lowest BCUT2D eigenvalue weighted by atomic mass is 10.1. The summed E-state index contributed by atoms with van der Waals surface area (Å²) < 4.78 is 1.99. The van der Waals surface area contributed by atoms with Gasteiger partial charge in [-0.3, -0.25) is 5.73 Å². The lowest BCUT2D eigenvalue weighted by Gasteiger charge is -2.12. The molecule has 128 valence electrons. The Morgan fingerprint density at radius 3 is 2.39 bits per heavy atom. The Hall–Kier alpha value is -0.810. The molecule has 2 rings (SSSR count). The average Bonchev–Trinajstić information content (AvgIpc) is 2.56. The third-order valence-corrected chi connectivity index (χ3v) is 4.86. The second kappa shape index (κ2) is 11.7. The summed E-state index contributed by atoms with van der Waals surface area (Å²) >= 11 is 1.69. The molecule has 0 radical (unpaired) electrons. The fourth-order valence-corrected chi connectivity index (χ4v) is 3.38. The molecular weight excluding hydrogens is 370 g/mol. The van der Waals surface area contributed by atoms with Gasteiger partial charge in [-0.2, -0.15) is 0 Å². The zero-order valence-electron chi connectivity index (χ0n) is 14.0. The van der Waals surface area contributed by atoms with Crippen molar-refractivity contribution >= 4 is 22.6 Å². The SMILES string of the molecule is CCCCCCCCC[N+]1=C(N)SCC(c2ccccc2)=N1.[Br-]. The van der Waals surface area contributed by atoms with Crippen LogP contribution in [0.2, 0.25) is 0 Å². The standard InChI is InChI=1S/C18H27N3S.BrH/c1-2-3-4-5-6-7-11-14-21-18(19)22-15-17(20-21)16-12-9-8-10-13-16;/h8-10,12-13,19H,2-7,11,14-15H2,1H3;1H. The number of hydrogen-bond acceptors (Lipinski definition) is 3. The van der Waals surface area contributed by atoms with Gasteiger partial charge < -0.3 is 17.0 Å². The highest BCUT2D eigenvalue weighted by molar-refractivity contribution is 8.14. The number of amidine groups is 1. The number of rotatable bonds is 9. The Labute approximate surface area is 155 Å². The first-order valence-electron chi connectivity index (χ1n) is 8.47. The van der Waals surface area contributed by atoms with Crippen molar-refractivity contribution in [2.24, 2.45) is 10.8 Å². The van der Waals surface area contributed by atoms with E-state index in [4.69, 9.17) is 10.8 Å². The second-order valence-corrected chi connectivity index (χ2v) is 6.78. The molecule has 1 aliphatic heterocycles. The van der Waals surface area contributed by atoms with Crippen LogP contribution in [0.5, 0.6) is 0 Å². The van der Waals surface area contributed by atoms with Crippen LogP contribution < -0.4 is 22.7 Å². The van der Waals surface area contributed by atoms with E-state index in [0.717, 1.165) is 23.2 Å². The zero-order valence-corrected chi connectivity index (χ0v) is 16.4. The van der Waals surface area contributed by atoms with Crippen LogP contribution in [-0.4, -0.2) is 27.9 Å². The number of hydrazone groups is 1. The maximum Gasteiger partial charge on any atom is 0.329 e. The van der Waals surface area contributed by atoms with Crippen LogP contribution >= 0.6 is 11.8 Å². The summed E-state index contributed by atoms with van der Waals surface area (Å²) in [7, 11) is 0. The molecule has 0 aromatic heterocycles. The summed E-state index contributed by atoms with van der Waals surface area (Å²) in [6, 6.07) is 10.4. The highest BCUT2D eigenvalue weighted by atomic mass is 79.9. The molecule has 1 heterocycles. The van der Waals surface area contributed by atoms with Crippen molar-refractivity contribution in [2.45, 2.75) is 51.9 Å². The minimum atomic E-state index is 0. The van der Waals surface area contributed by atoms with Gasteiger partial charge in [0.25, 0.3) is 0 Å². The number of unbranched alkanes of at least 4 members (excludes halogenated alkanes) is 6. The summed E-state index contributed by atoms with van der Waals surface area (Å²) in [4.78, 5) is 0. The number of nitrogens with zero attached hydrogens (tertiary/aromatic N) is 2. The summed E-state index contributed by atoms with van der Waals surface area (Å²) in [5.74, 6) is 0.864. The van der Waals surface area contributed by atoms with E-state index in [1.54, 1.807) is 11.8 Å². The van der Waals surface area contributed by atoms with Crippen LogP contribution in [0.3, 0.4) is 0 Å². The molecule has 0 atom stereocenters. The average molecular weight is 398 g/mol. The van der Waals surface area contributed by atoms with Gasteiger partial charge in [-0.25, -0.2) is 0 Å². The van der Waals surface area contributed by atoms with Crippen molar-refractivity contribution in [1.29, 1.82) is 0 Å². The van der Waals surface area contributed by atoms with E-state index >= 15 is 0 Å². The summed E-state index contributed by atoms with van der Waals surface area (Å²) in [5.41, 5.74) is 8.43. The number of halogens is 1. The van der Waals surface area contributed by atoms with Gasteiger partial charge in [0.05, 0.1) is 5.75 Å². The first-order chi connectivity index (χ1) is 10.8. The molecule has 5 heteroatoms. The molecule has 0 saturated carbocycles. The Kier molecular flexibility index (Phi) is 10.3. The lowest BCUT2D eigenvalue weighted by molar-refractivity contribution is -0.532. The van der Waals surface area contributed by atoms with Crippen LogP contribution in [-0.2, 0) is 0 Å². The summed E-state index contributed by atoms with van der Waals surface area (Å²) in [6.45, 7) is 3.19. The smallest absolute Gasteiger partial charge is 0.329 e. The molecule has 3 nitrogen and oxygen atoms in total. The van der Waals surface area contributed by atoms with Gasteiger partial charge in [-0.15, -0.1) is 4.68 Å². The third kappa shape index (κ3) is 7.08. The Morgan fingerprint density at radius 1 is 1.04 bits per heavy atom. The largest absolute Gasteiger partial charge is 1.00 e. The Bertz CT molecular complexity index is 514. The molecule has 2 N–H and O–H groups in total. The van der Waals surface area contributed by atoms with Crippen LogP contribution in [0.1, 0.15) is 57.4 Å². The molecule has 0 spiro atoms. The molecule has 0 saturated heterocycles. The highest BCUT2D eigenvalue weighted by Gasteiger charge is 2.19. The molecule has 0 aliphatic carbocycles. The minimum absolute atomic E-state index is 0. The topological polar surface area (TPSA) is 41.4 Å². The highest BCUT2D eigenvalue weighted by Crippen LogP contribution is 2.14. The molecule has 0 amide bonds. The molecular formula is C18H28BrN3S. The molecule has 0 bridgehead atoms. The third-order valence-electron chi connectivity index (χ3n) is 3.93. The normalized spacial score (nSPS) is 14.4. The van der Waals surface area contributed by atoms with Crippen LogP contribution in [0.25, 0.3) is 0 Å². The van der Waals surface area contributed by atoms with E-state index in [9.17, 15) is 0 Å². The van der Waals surface area contributed by atoms with Crippen molar-refractivity contribution in [3.05, 3.63) is 35.9 Å². The molecule has 0 fully saturated rings. The van der Waals surface area contributed by atoms with E-state index in [0.29, 0.717) is 0 Å². The van der Waals surface area contributed by atoms with E-state index in [1.165, 1.54) is 50.5 Å². The van der Waals surface area contributed by atoms with Gasteiger partial charge in [0.2, 0.25) is 0 Å².